The van der Waals surface area contributed by atoms with Crippen LogP contribution in [0.3, 0.4) is 0 Å². The number of halogens is 4. The zero-order chi connectivity index (χ0) is 21.6. The number of carbonyl (C=O) groups excluding carboxylic acids is 1. The topological polar surface area (TPSA) is 45.7 Å². The Kier molecular flexibility index (Phi) is 5.42. The van der Waals surface area contributed by atoms with Gasteiger partial charge in [0.1, 0.15) is 11.9 Å². The molecule has 3 heterocycles. The minimum Gasteiger partial charge on any atom is -0.439 e. The van der Waals surface area contributed by atoms with Gasteiger partial charge in [-0.1, -0.05) is 11.6 Å². The predicted molar refractivity (Wildman–Crippen MR) is 109 cm³/mol. The van der Waals surface area contributed by atoms with Gasteiger partial charge in [-0.15, -0.1) is 0 Å². The molecular formula is C21H21BrF3N3O2. The van der Waals surface area contributed by atoms with Crippen molar-refractivity contribution >= 4 is 27.8 Å². The molecule has 9 heteroatoms. The second-order valence-corrected chi connectivity index (χ2v) is 8.60. The van der Waals surface area contributed by atoms with Gasteiger partial charge < -0.3 is 9.64 Å². The summed E-state index contributed by atoms with van der Waals surface area (Å²) in [4.78, 5) is 20.9. The molecule has 2 atom stereocenters. The van der Waals surface area contributed by atoms with E-state index in [1.807, 2.05) is 12.1 Å². The number of anilines is 1. The van der Waals surface area contributed by atoms with E-state index in [0.717, 1.165) is 41.9 Å². The first kappa shape index (κ1) is 21.0. The van der Waals surface area contributed by atoms with Gasteiger partial charge in [-0.25, -0.2) is 9.78 Å². The van der Waals surface area contributed by atoms with Crippen LogP contribution in [0.25, 0.3) is 0 Å². The minimum atomic E-state index is -4.46. The lowest BCUT2D eigenvalue weighted by Crippen LogP contribution is -2.38. The van der Waals surface area contributed by atoms with Crippen LogP contribution in [0.2, 0.25) is 0 Å². The predicted octanol–water partition coefficient (Wildman–Crippen LogP) is 5.46. The van der Waals surface area contributed by atoms with Crippen LogP contribution >= 0.6 is 15.9 Å². The van der Waals surface area contributed by atoms with E-state index in [-0.39, 0.29) is 6.54 Å². The van der Waals surface area contributed by atoms with Gasteiger partial charge in [0, 0.05) is 17.6 Å². The Balaban J connectivity index is 1.58. The molecule has 1 amide bonds. The fourth-order valence-corrected chi connectivity index (χ4v) is 4.11. The summed E-state index contributed by atoms with van der Waals surface area (Å²) in [6.45, 7) is 5.48. The van der Waals surface area contributed by atoms with Gasteiger partial charge in [0.05, 0.1) is 23.8 Å². The summed E-state index contributed by atoms with van der Waals surface area (Å²) in [5, 5.41) is 0. The molecule has 5 nitrogen and oxygen atoms in total. The van der Waals surface area contributed by atoms with Crippen molar-refractivity contribution in [3.8, 4) is 0 Å². The molecule has 2 aliphatic heterocycles. The maximum atomic E-state index is 13.2. The van der Waals surface area contributed by atoms with E-state index in [4.69, 9.17) is 4.74 Å². The number of pyridine rings is 1. The highest BCUT2D eigenvalue weighted by Crippen LogP contribution is 2.38. The highest BCUT2D eigenvalue weighted by atomic mass is 79.9. The normalized spacial score (nSPS) is 21.6. The first-order valence-electron chi connectivity index (χ1n) is 9.70. The Hall–Kier alpha value is -2.29. The second-order valence-electron chi connectivity index (χ2n) is 7.74. The minimum absolute atomic E-state index is 0.205. The number of cyclic esters (lactones) is 1. The molecule has 1 aromatic carbocycles. The number of benzene rings is 1. The highest BCUT2D eigenvalue weighted by molar-refractivity contribution is 9.10. The number of rotatable bonds is 4. The molecule has 160 valence electrons. The zero-order valence-electron chi connectivity index (χ0n) is 16.5. The van der Waals surface area contributed by atoms with Crippen molar-refractivity contribution in [2.75, 3.05) is 18.0 Å². The molecule has 2 saturated heterocycles. The molecule has 2 aromatic rings. The highest BCUT2D eigenvalue weighted by Gasteiger charge is 2.41. The van der Waals surface area contributed by atoms with Crippen LogP contribution in [0.1, 0.15) is 41.8 Å². The van der Waals surface area contributed by atoms with Crippen molar-refractivity contribution in [1.82, 2.24) is 9.88 Å². The second kappa shape index (κ2) is 7.76. The van der Waals surface area contributed by atoms with Gasteiger partial charge >= 0.3 is 12.3 Å². The van der Waals surface area contributed by atoms with Gasteiger partial charge in [-0.2, -0.15) is 13.2 Å². The molecule has 4 rings (SSSR count). The van der Waals surface area contributed by atoms with Crippen LogP contribution in [0, 0.1) is 6.92 Å². The molecule has 0 aliphatic carbocycles. The van der Waals surface area contributed by atoms with Crippen molar-refractivity contribution in [2.45, 2.75) is 45.1 Å². The number of amides is 1. The quantitative estimate of drug-likeness (QED) is 0.578. The van der Waals surface area contributed by atoms with Crippen LogP contribution in [0.5, 0.6) is 0 Å². The zero-order valence-corrected chi connectivity index (χ0v) is 18.1. The van der Waals surface area contributed by atoms with Crippen LogP contribution in [-0.2, 0) is 17.5 Å². The monoisotopic (exact) mass is 483 g/mol. The molecule has 0 spiro atoms. The maximum Gasteiger partial charge on any atom is 0.416 e. The molecule has 2 aliphatic rings. The number of aryl methyl sites for hydroxylation is 1. The van der Waals surface area contributed by atoms with Gasteiger partial charge in [0.25, 0.3) is 0 Å². The molecule has 0 unspecified atom stereocenters. The number of alkyl halides is 3. The van der Waals surface area contributed by atoms with Crippen LogP contribution < -0.4 is 4.90 Å². The summed E-state index contributed by atoms with van der Waals surface area (Å²) in [5.41, 5.74) is 0.746. The average molecular weight is 484 g/mol. The van der Waals surface area contributed by atoms with E-state index >= 15 is 0 Å². The Morgan fingerprint density at radius 3 is 2.60 bits per heavy atom. The first-order valence-corrected chi connectivity index (χ1v) is 10.5. The number of carbonyl (C=O) groups is 1. The summed E-state index contributed by atoms with van der Waals surface area (Å²) >= 11 is 3.48. The van der Waals surface area contributed by atoms with Crippen molar-refractivity contribution in [3.63, 3.8) is 0 Å². The molecule has 0 N–H and O–H groups in total. The van der Waals surface area contributed by atoms with E-state index in [1.165, 1.54) is 4.90 Å². The third kappa shape index (κ3) is 3.99. The number of aromatic nitrogens is 1. The smallest absolute Gasteiger partial charge is 0.416 e. The molecule has 1 aromatic heterocycles. The summed E-state index contributed by atoms with van der Waals surface area (Å²) in [7, 11) is 0. The molecule has 2 fully saturated rings. The van der Waals surface area contributed by atoms with Crippen LogP contribution in [0.4, 0.5) is 23.8 Å². The molecule has 0 saturated carbocycles. The van der Waals surface area contributed by atoms with Crippen LogP contribution in [0.15, 0.2) is 34.8 Å². The molecular weight excluding hydrogens is 463 g/mol. The van der Waals surface area contributed by atoms with Gasteiger partial charge in [-0.05, 0) is 66.0 Å². The third-order valence-electron chi connectivity index (χ3n) is 5.55. The average Bonchev–Trinajstić information content (AvgIpc) is 2.90. The summed E-state index contributed by atoms with van der Waals surface area (Å²) in [6.07, 6.45) is -4.68. The number of hydrogen-bond donors (Lipinski definition) is 0. The van der Waals surface area contributed by atoms with Crippen molar-refractivity contribution in [2.24, 2.45) is 0 Å². The van der Waals surface area contributed by atoms with Gasteiger partial charge in [0.2, 0.25) is 0 Å². The fraction of sp³-hybridized carbons (Fsp3) is 0.429. The third-order valence-corrected chi connectivity index (χ3v) is 6.27. The van der Waals surface area contributed by atoms with Crippen molar-refractivity contribution < 1.29 is 22.7 Å². The van der Waals surface area contributed by atoms with E-state index < -0.39 is 30.0 Å². The Bertz CT molecular complexity index is 978. The van der Waals surface area contributed by atoms with E-state index in [1.54, 1.807) is 19.9 Å². The lowest BCUT2D eigenvalue weighted by Gasteiger charge is -2.32. The Labute approximate surface area is 181 Å². The van der Waals surface area contributed by atoms with E-state index in [2.05, 4.69) is 25.8 Å². The lowest BCUT2D eigenvalue weighted by molar-refractivity contribution is -0.137. The number of hydrogen-bond acceptors (Lipinski definition) is 4. The molecule has 0 radical (unpaired) electrons. The van der Waals surface area contributed by atoms with Crippen LogP contribution in [-0.4, -0.2) is 35.1 Å². The molecule has 30 heavy (non-hydrogen) atoms. The van der Waals surface area contributed by atoms with E-state index in [9.17, 15) is 18.0 Å². The largest absolute Gasteiger partial charge is 0.439 e. The summed E-state index contributed by atoms with van der Waals surface area (Å²) < 4.78 is 45.9. The number of ether oxygens (including phenoxy) is 1. The summed E-state index contributed by atoms with van der Waals surface area (Å²) in [6, 6.07) is 7.16. The SMILES string of the molecule is Cc1cc([C@H]2OC(=O)N(Cc3nc(N4CCC4)ccc3Br)[C@H]2C)cc(C(F)(F)F)c1. The maximum absolute atomic E-state index is 13.2. The number of nitrogens with zero attached hydrogens (tertiary/aromatic N) is 3. The lowest BCUT2D eigenvalue weighted by atomic mass is 9.98. The molecule has 0 bridgehead atoms. The first-order chi connectivity index (χ1) is 14.1. The standard InChI is InChI=1S/C21H21BrF3N3O2/c1-12-8-14(10-15(9-12)21(23,24)25)19-13(2)28(20(29)30-19)11-17-16(22)4-5-18(26-17)27-6-3-7-27/h4-5,8-10,13,19H,3,6-7,11H2,1-2H3/t13-,19-/m0/s1. The van der Waals surface area contributed by atoms with Crippen molar-refractivity contribution in [3.05, 3.63) is 57.2 Å². The Morgan fingerprint density at radius 1 is 1.23 bits per heavy atom. The van der Waals surface area contributed by atoms with Gasteiger partial charge in [-0.3, -0.25) is 4.90 Å². The fourth-order valence-electron chi connectivity index (χ4n) is 3.77. The van der Waals surface area contributed by atoms with Crippen molar-refractivity contribution in [1.29, 1.82) is 0 Å². The summed E-state index contributed by atoms with van der Waals surface area (Å²) in [5.74, 6) is 0.852. The van der Waals surface area contributed by atoms with Gasteiger partial charge in [0.15, 0.2) is 0 Å². The Morgan fingerprint density at radius 2 is 1.97 bits per heavy atom. The van der Waals surface area contributed by atoms with E-state index in [0.29, 0.717) is 16.8 Å².